The van der Waals surface area contributed by atoms with Gasteiger partial charge in [-0.05, 0) is 80.9 Å². The number of benzene rings is 6. The smallest absolute Gasteiger partial charge is 0.147 e. The van der Waals surface area contributed by atoms with E-state index in [1.165, 1.54) is 44.1 Å². The number of hydrogen-bond donors (Lipinski definition) is 0. The lowest BCUT2D eigenvalue weighted by molar-refractivity contribution is -0.121. The first-order valence-corrected chi connectivity index (χ1v) is 17.5. The van der Waals surface area contributed by atoms with Crippen LogP contribution >= 0.6 is 0 Å². The summed E-state index contributed by atoms with van der Waals surface area (Å²) in [6.45, 7) is 5.77. The summed E-state index contributed by atoms with van der Waals surface area (Å²) in [5, 5.41) is 2.45. The Morgan fingerprint density at radius 1 is 0.460 bits per heavy atom. The molecule has 8 aromatic rings. The van der Waals surface area contributed by atoms with Gasteiger partial charge in [0.1, 0.15) is 5.78 Å². The van der Waals surface area contributed by atoms with Crippen LogP contribution in [0.1, 0.15) is 47.9 Å². The molecule has 0 bridgehead atoms. The van der Waals surface area contributed by atoms with E-state index < -0.39 is 0 Å². The van der Waals surface area contributed by atoms with Crippen LogP contribution in [-0.2, 0) is 17.9 Å². The summed E-state index contributed by atoms with van der Waals surface area (Å²) in [5.74, 6) is -0.168. The lowest BCUT2D eigenvalue weighted by atomic mass is 9.85. The van der Waals surface area contributed by atoms with E-state index in [0.717, 1.165) is 35.3 Å². The van der Waals surface area contributed by atoms with E-state index in [1.54, 1.807) is 0 Å². The highest BCUT2D eigenvalue weighted by molar-refractivity contribution is 5.92. The molecule has 0 saturated heterocycles. The van der Waals surface area contributed by atoms with Crippen LogP contribution in [0, 0.1) is 0 Å². The van der Waals surface area contributed by atoms with Gasteiger partial charge in [-0.3, -0.25) is 4.79 Å². The minimum Gasteiger partial charge on any atom is -0.343 e. The van der Waals surface area contributed by atoms with Crippen molar-refractivity contribution in [2.75, 3.05) is 0 Å². The fourth-order valence-corrected chi connectivity index (χ4v) is 7.23. The van der Waals surface area contributed by atoms with E-state index in [0.29, 0.717) is 0 Å². The predicted molar refractivity (Wildman–Crippen MR) is 208 cm³/mol. The molecular weight excluding hydrogens is 609 g/mol. The minimum atomic E-state index is -0.199. The molecule has 2 atom stereocenters. The Morgan fingerprint density at radius 2 is 0.840 bits per heavy atom. The molecule has 0 aliphatic heterocycles. The van der Waals surface area contributed by atoms with Gasteiger partial charge in [0.2, 0.25) is 0 Å². The quantitative estimate of drug-likeness (QED) is 0.145. The van der Waals surface area contributed by atoms with Crippen molar-refractivity contribution in [1.82, 2.24) is 9.13 Å². The molecule has 0 radical (unpaired) electrons. The van der Waals surface area contributed by atoms with Crippen LogP contribution in [0.5, 0.6) is 0 Å². The zero-order valence-electron chi connectivity index (χ0n) is 28.5. The van der Waals surface area contributed by atoms with Crippen molar-refractivity contribution in [1.29, 1.82) is 0 Å². The molecule has 3 nitrogen and oxygen atoms in total. The van der Waals surface area contributed by atoms with Gasteiger partial charge in [0.15, 0.2) is 0 Å². The average molecular weight is 649 g/mol. The molecule has 2 unspecified atom stereocenters. The van der Waals surface area contributed by atoms with E-state index in [-0.39, 0.29) is 17.6 Å². The van der Waals surface area contributed by atoms with Crippen molar-refractivity contribution in [3.63, 3.8) is 0 Å². The molecular formula is C47H40N2O. The molecule has 8 rings (SSSR count). The maximum atomic E-state index is 13.7. The summed E-state index contributed by atoms with van der Waals surface area (Å²) in [5.41, 5.74) is 11.8. The molecule has 0 aliphatic rings. The van der Waals surface area contributed by atoms with Gasteiger partial charge >= 0.3 is 0 Å². The average Bonchev–Trinajstić information content (AvgIpc) is 3.77. The Labute approximate surface area is 294 Å². The number of carbonyl (C=O) groups excluding carboxylic acids is 1. The highest BCUT2D eigenvalue weighted by Crippen LogP contribution is 2.32. The van der Waals surface area contributed by atoms with Crippen LogP contribution in [0.15, 0.2) is 170 Å². The van der Waals surface area contributed by atoms with Crippen molar-refractivity contribution < 1.29 is 4.79 Å². The van der Waals surface area contributed by atoms with E-state index in [1.807, 2.05) is 13.8 Å². The SMILES string of the molecule is CC(C(=O)C(C)c1ccc(-c2ccc3c(ccn3Cc3ccccc3)c2)cc1)c1ccc(-c2ccc3c(ccn3Cc3ccccc3)c2)cc1. The Hall–Kier alpha value is -5.93. The third-order valence-corrected chi connectivity index (χ3v) is 10.3. The van der Waals surface area contributed by atoms with Crippen LogP contribution in [0.4, 0.5) is 0 Å². The van der Waals surface area contributed by atoms with Gasteiger partial charge in [-0.15, -0.1) is 0 Å². The summed E-state index contributed by atoms with van der Waals surface area (Å²) in [4.78, 5) is 13.7. The largest absolute Gasteiger partial charge is 0.343 e. The topological polar surface area (TPSA) is 26.9 Å². The van der Waals surface area contributed by atoms with Gasteiger partial charge in [-0.25, -0.2) is 0 Å². The van der Waals surface area contributed by atoms with Crippen LogP contribution in [0.25, 0.3) is 44.1 Å². The molecule has 2 heterocycles. The minimum absolute atomic E-state index is 0.199. The summed E-state index contributed by atoms with van der Waals surface area (Å²) >= 11 is 0. The Morgan fingerprint density at radius 3 is 1.24 bits per heavy atom. The second-order valence-corrected chi connectivity index (χ2v) is 13.5. The molecule has 0 amide bonds. The second-order valence-electron chi connectivity index (χ2n) is 13.5. The van der Waals surface area contributed by atoms with Gasteiger partial charge in [0.05, 0.1) is 0 Å². The summed E-state index contributed by atoms with van der Waals surface area (Å²) < 4.78 is 4.59. The highest BCUT2D eigenvalue weighted by atomic mass is 16.1. The number of hydrogen-bond acceptors (Lipinski definition) is 1. The van der Waals surface area contributed by atoms with Gasteiger partial charge in [0, 0.05) is 59.1 Å². The molecule has 50 heavy (non-hydrogen) atoms. The number of rotatable bonds is 10. The Bertz CT molecular complexity index is 2230. The Balaban J connectivity index is 0.930. The normalized spacial score (nSPS) is 12.7. The number of fused-ring (bicyclic) bond motifs is 2. The van der Waals surface area contributed by atoms with Gasteiger partial charge in [-0.1, -0.05) is 135 Å². The van der Waals surface area contributed by atoms with Crippen LogP contribution in [0.2, 0.25) is 0 Å². The lowest BCUT2D eigenvalue weighted by Gasteiger charge is -2.18. The number of ketones is 1. The van der Waals surface area contributed by atoms with Crippen molar-refractivity contribution in [2.45, 2.75) is 38.8 Å². The van der Waals surface area contributed by atoms with Crippen molar-refractivity contribution in [3.05, 3.63) is 192 Å². The first kappa shape index (κ1) is 31.3. The molecule has 3 heteroatoms. The molecule has 0 aliphatic carbocycles. The van der Waals surface area contributed by atoms with E-state index in [9.17, 15) is 4.79 Å². The second kappa shape index (κ2) is 13.5. The summed E-state index contributed by atoms with van der Waals surface area (Å²) in [7, 11) is 0. The number of carbonyl (C=O) groups is 1. The first-order chi connectivity index (χ1) is 24.5. The third-order valence-electron chi connectivity index (χ3n) is 10.3. The van der Waals surface area contributed by atoms with Gasteiger partial charge in [-0.2, -0.15) is 0 Å². The van der Waals surface area contributed by atoms with Crippen molar-refractivity contribution >= 4 is 27.6 Å². The number of nitrogens with zero attached hydrogens (tertiary/aromatic N) is 2. The summed E-state index contributed by atoms with van der Waals surface area (Å²) in [6, 6.07) is 55.9. The fourth-order valence-electron chi connectivity index (χ4n) is 7.23. The molecule has 6 aromatic carbocycles. The summed E-state index contributed by atoms with van der Waals surface area (Å²) in [6.07, 6.45) is 4.33. The fraction of sp³-hybridized carbons (Fsp3) is 0.128. The predicted octanol–water partition coefficient (Wildman–Crippen LogP) is 11.5. The molecule has 244 valence electrons. The molecule has 0 saturated carbocycles. The monoisotopic (exact) mass is 648 g/mol. The van der Waals surface area contributed by atoms with E-state index >= 15 is 0 Å². The van der Waals surface area contributed by atoms with Crippen LogP contribution < -0.4 is 0 Å². The molecule has 0 fully saturated rings. The molecule has 0 N–H and O–H groups in total. The highest BCUT2D eigenvalue weighted by Gasteiger charge is 2.23. The van der Waals surface area contributed by atoms with Gasteiger partial charge in [0.25, 0.3) is 0 Å². The van der Waals surface area contributed by atoms with Crippen molar-refractivity contribution in [3.8, 4) is 22.3 Å². The number of aromatic nitrogens is 2. The Kier molecular flexibility index (Phi) is 8.48. The zero-order valence-corrected chi connectivity index (χ0v) is 28.5. The number of Topliss-reactive ketones (excluding diaryl/α,β-unsaturated/α-hetero) is 1. The van der Waals surface area contributed by atoms with Crippen LogP contribution in [0.3, 0.4) is 0 Å². The first-order valence-electron chi connectivity index (χ1n) is 17.5. The molecule has 0 spiro atoms. The standard InChI is InChI=1S/C47H40N2O/c1-33(37-13-17-39(18-14-37)41-21-23-45-43(29-41)25-27-48(45)31-35-9-5-3-6-10-35)47(50)34(2)38-15-19-40(20-16-38)42-22-24-46-44(30-42)26-28-49(46)32-36-11-7-4-8-12-36/h3-30,33-34H,31-32H2,1-2H3. The zero-order chi connectivity index (χ0) is 34.0. The third kappa shape index (κ3) is 6.31. The van der Waals surface area contributed by atoms with E-state index in [2.05, 4.69) is 179 Å². The van der Waals surface area contributed by atoms with Gasteiger partial charge < -0.3 is 9.13 Å². The van der Waals surface area contributed by atoms with E-state index in [4.69, 9.17) is 0 Å². The van der Waals surface area contributed by atoms with Crippen LogP contribution in [-0.4, -0.2) is 14.9 Å². The maximum Gasteiger partial charge on any atom is 0.147 e. The maximum absolute atomic E-state index is 13.7. The van der Waals surface area contributed by atoms with Crippen molar-refractivity contribution in [2.24, 2.45) is 0 Å². The molecule has 2 aromatic heterocycles. The lowest BCUT2D eigenvalue weighted by Crippen LogP contribution is -2.16.